The first kappa shape index (κ1) is 18.4. The van der Waals surface area contributed by atoms with E-state index in [0.29, 0.717) is 5.92 Å². The van der Waals surface area contributed by atoms with E-state index >= 15 is 0 Å². The first-order chi connectivity index (χ1) is 8.97. The molecule has 0 aromatic carbocycles. The van der Waals surface area contributed by atoms with Crippen molar-refractivity contribution in [2.75, 3.05) is 40.4 Å². The van der Waals surface area contributed by atoms with Crippen LogP contribution in [0.4, 0.5) is 0 Å². The van der Waals surface area contributed by atoms with Crippen LogP contribution in [0.2, 0.25) is 0 Å². The van der Waals surface area contributed by atoms with Crippen molar-refractivity contribution in [3.63, 3.8) is 0 Å². The Morgan fingerprint density at radius 1 is 1.32 bits per heavy atom. The van der Waals surface area contributed by atoms with Gasteiger partial charge in [-0.3, -0.25) is 0 Å². The fourth-order valence-electron chi connectivity index (χ4n) is 2.08. The largest absolute Gasteiger partial charge is 0.383 e. The molecule has 19 heavy (non-hydrogen) atoms. The summed E-state index contributed by atoms with van der Waals surface area (Å²) in [7, 11) is 3.60. The molecule has 0 saturated carbocycles. The minimum absolute atomic E-state index is 0.380. The summed E-state index contributed by atoms with van der Waals surface area (Å²) >= 11 is 0. The molecule has 0 spiro atoms. The second kappa shape index (κ2) is 10.2. The lowest BCUT2D eigenvalue weighted by Crippen LogP contribution is -2.38. The van der Waals surface area contributed by atoms with Crippen molar-refractivity contribution in [3.05, 3.63) is 0 Å². The maximum absolute atomic E-state index is 9.09. The van der Waals surface area contributed by atoms with Gasteiger partial charge in [0.2, 0.25) is 0 Å². The molecule has 112 valence electrons. The van der Waals surface area contributed by atoms with Crippen LogP contribution in [0.1, 0.15) is 40.0 Å². The second-order valence-electron chi connectivity index (χ2n) is 5.84. The van der Waals surface area contributed by atoms with Crippen molar-refractivity contribution in [1.29, 1.82) is 5.26 Å². The molecule has 0 aliphatic heterocycles. The highest BCUT2D eigenvalue weighted by Crippen LogP contribution is 2.12. The number of methoxy groups -OCH3 is 1. The third-order valence-corrected chi connectivity index (χ3v) is 3.43. The van der Waals surface area contributed by atoms with Crippen LogP contribution in [0.25, 0.3) is 0 Å². The highest BCUT2D eigenvalue weighted by molar-refractivity contribution is 5.02. The monoisotopic (exact) mass is 269 g/mol. The lowest BCUT2D eigenvalue weighted by Gasteiger charge is -2.25. The Bertz CT molecular complexity index is 263. The molecular formula is C15H31N3O. The fraction of sp³-hybridized carbons (Fsp3) is 0.933. The molecule has 0 fully saturated rings. The van der Waals surface area contributed by atoms with Gasteiger partial charge in [0, 0.05) is 20.2 Å². The Balaban J connectivity index is 3.95. The molecule has 1 unspecified atom stereocenters. The van der Waals surface area contributed by atoms with E-state index in [9.17, 15) is 0 Å². The van der Waals surface area contributed by atoms with Gasteiger partial charge in [-0.1, -0.05) is 13.8 Å². The zero-order valence-electron chi connectivity index (χ0n) is 13.3. The van der Waals surface area contributed by atoms with Gasteiger partial charge in [-0.05, 0) is 45.7 Å². The fourth-order valence-corrected chi connectivity index (χ4v) is 2.08. The summed E-state index contributed by atoms with van der Waals surface area (Å²) in [6.07, 6.45) is 3.11. The average Bonchev–Trinajstić information content (AvgIpc) is 2.39. The van der Waals surface area contributed by atoms with Gasteiger partial charge in [0.05, 0.1) is 12.7 Å². The van der Waals surface area contributed by atoms with Crippen LogP contribution in [0.3, 0.4) is 0 Å². The van der Waals surface area contributed by atoms with Gasteiger partial charge in [0.15, 0.2) is 0 Å². The van der Waals surface area contributed by atoms with Crippen molar-refractivity contribution < 1.29 is 4.74 Å². The maximum Gasteiger partial charge on any atom is 0.103 e. The van der Waals surface area contributed by atoms with Gasteiger partial charge in [-0.2, -0.15) is 5.26 Å². The van der Waals surface area contributed by atoms with Gasteiger partial charge in [-0.15, -0.1) is 0 Å². The minimum Gasteiger partial charge on any atom is -0.383 e. The zero-order chi connectivity index (χ0) is 14.7. The van der Waals surface area contributed by atoms with E-state index in [1.54, 1.807) is 7.11 Å². The first-order valence-corrected chi connectivity index (χ1v) is 7.29. The molecule has 0 rings (SSSR count). The summed E-state index contributed by atoms with van der Waals surface area (Å²) in [5, 5.41) is 12.2. The van der Waals surface area contributed by atoms with Crippen molar-refractivity contribution >= 4 is 0 Å². The Morgan fingerprint density at radius 2 is 2.00 bits per heavy atom. The van der Waals surface area contributed by atoms with E-state index in [1.807, 2.05) is 14.0 Å². The lowest BCUT2D eigenvalue weighted by atomic mass is 9.97. The van der Waals surface area contributed by atoms with E-state index in [0.717, 1.165) is 45.5 Å². The van der Waals surface area contributed by atoms with Gasteiger partial charge < -0.3 is 15.0 Å². The van der Waals surface area contributed by atoms with Gasteiger partial charge >= 0.3 is 0 Å². The van der Waals surface area contributed by atoms with E-state index in [-0.39, 0.29) is 5.54 Å². The average molecular weight is 269 g/mol. The quantitative estimate of drug-likeness (QED) is 0.585. The predicted octanol–water partition coefficient (Wildman–Crippen LogP) is 2.26. The molecule has 0 bridgehead atoms. The standard InChI is InChI=1S/C15H31N3O/c1-14(2)12-18(10-11-19-5)9-7-6-8-15(3,13-16)17-4/h14,17H,6-12H2,1-5H3. The van der Waals surface area contributed by atoms with Crippen molar-refractivity contribution in [3.8, 4) is 6.07 Å². The number of unbranched alkanes of at least 4 members (excludes halogenated alkanes) is 1. The number of hydrogen-bond acceptors (Lipinski definition) is 4. The molecule has 0 amide bonds. The van der Waals surface area contributed by atoms with E-state index in [2.05, 4.69) is 30.1 Å². The van der Waals surface area contributed by atoms with Gasteiger partial charge in [0.1, 0.15) is 5.54 Å². The summed E-state index contributed by atoms with van der Waals surface area (Å²) in [4.78, 5) is 2.46. The number of rotatable bonds is 11. The van der Waals surface area contributed by atoms with Crippen LogP contribution in [0, 0.1) is 17.2 Å². The highest BCUT2D eigenvalue weighted by atomic mass is 16.5. The Hall–Kier alpha value is -0.630. The smallest absolute Gasteiger partial charge is 0.103 e. The Morgan fingerprint density at radius 3 is 2.47 bits per heavy atom. The second-order valence-corrected chi connectivity index (χ2v) is 5.84. The van der Waals surface area contributed by atoms with Crippen molar-refractivity contribution in [2.24, 2.45) is 5.92 Å². The number of nitriles is 1. The third kappa shape index (κ3) is 8.99. The lowest BCUT2D eigenvalue weighted by molar-refractivity contribution is 0.138. The van der Waals surface area contributed by atoms with Crippen LogP contribution in [0.5, 0.6) is 0 Å². The summed E-state index contributed by atoms with van der Waals surface area (Å²) in [6.45, 7) is 10.4. The molecule has 1 N–H and O–H groups in total. The zero-order valence-corrected chi connectivity index (χ0v) is 13.3. The van der Waals surface area contributed by atoms with Gasteiger partial charge in [-0.25, -0.2) is 0 Å². The van der Waals surface area contributed by atoms with Crippen molar-refractivity contribution in [2.45, 2.75) is 45.6 Å². The number of hydrogen-bond donors (Lipinski definition) is 1. The van der Waals surface area contributed by atoms with Gasteiger partial charge in [0.25, 0.3) is 0 Å². The summed E-state index contributed by atoms with van der Waals surface area (Å²) in [6, 6.07) is 2.34. The molecular weight excluding hydrogens is 238 g/mol. The highest BCUT2D eigenvalue weighted by Gasteiger charge is 2.20. The normalized spacial score (nSPS) is 14.6. The van der Waals surface area contributed by atoms with E-state index < -0.39 is 0 Å². The number of ether oxygens (including phenoxy) is 1. The summed E-state index contributed by atoms with van der Waals surface area (Å²) in [5.41, 5.74) is -0.380. The number of nitrogens with one attached hydrogen (secondary N) is 1. The summed E-state index contributed by atoms with van der Waals surface area (Å²) < 4.78 is 5.15. The Kier molecular flexibility index (Phi) is 9.85. The SMILES string of the molecule is CNC(C)(C#N)CCCCN(CCOC)CC(C)C. The molecule has 0 aliphatic carbocycles. The van der Waals surface area contributed by atoms with Crippen molar-refractivity contribution in [1.82, 2.24) is 10.2 Å². The van der Waals surface area contributed by atoms with Crippen LogP contribution in [-0.4, -0.2) is 50.8 Å². The third-order valence-electron chi connectivity index (χ3n) is 3.43. The molecule has 0 saturated heterocycles. The molecule has 1 atom stereocenters. The van der Waals surface area contributed by atoms with E-state index in [1.165, 1.54) is 0 Å². The van der Waals surface area contributed by atoms with Crippen LogP contribution in [0.15, 0.2) is 0 Å². The summed E-state index contributed by atoms with van der Waals surface area (Å²) in [5.74, 6) is 0.679. The molecule has 4 nitrogen and oxygen atoms in total. The van der Waals surface area contributed by atoms with Crippen LogP contribution >= 0.6 is 0 Å². The first-order valence-electron chi connectivity index (χ1n) is 7.29. The molecule has 0 aromatic rings. The molecule has 0 aliphatic rings. The maximum atomic E-state index is 9.09. The molecule has 4 heteroatoms. The Labute approximate surface area is 119 Å². The minimum atomic E-state index is -0.380. The van der Waals surface area contributed by atoms with Crippen LogP contribution in [-0.2, 0) is 4.74 Å². The molecule has 0 aromatic heterocycles. The molecule has 0 heterocycles. The van der Waals surface area contributed by atoms with Crippen LogP contribution < -0.4 is 5.32 Å². The molecule has 0 radical (unpaired) electrons. The number of nitrogens with zero attached hydrogens (tertiary/aromatic N) is 2. The topological polar surface area (TPSA) is 48.3 Å². The van der Waals surface area contributed by atoms with E-state index in [4.69, 9.17) is 10.00 Å². The predicted molar refractivity (Wildman–Crippen MR) is 80.1 cm³/mol.